The van der Waals surface area contributed by atoms with Crippen molar-refractivity contribution in [3.05, 3.63) is 29.8 Å². The van der Waals surface area contributed by atoms with Crippen molar-refractivity contribution in [1.82, 2.24) is 0 Å². The summed E-state index contributed by atoms with van der Waals surface area (Å²) in [5.74, 6) is 0.323. The molecule has 1 heterocycles. The van der Waals surface area contributed by atoms with Gasteiger partial charge in [0.05, 0.1) is 12.7 Å². The summed E-state index contributed by atoms with van der Waals surface area (Å²) < 4.78 is 10.3. The molecule has 0 saturated carbocycles. The first kappa shape index (κ1) is 11.9. The molecule has 17 heavy (non-hydrogen) atoms. The molecule has 1 N–H and O–H groups in total. The Morgan fingerprint density at radius 3 is 2.71 bits per heavy atom. The van der Waals surface area contributed by atoms with E-state index in [4.69, 9.17) is 9.47 Å². The Hall–Kier alpha value is -1.55. The van der Waals surface area contributed by atoms with E-state index in [1.165, 1.54) is 0 Å². The van der Waals surface area contributed by atoms with Gasteiger partial charge in [-0.05, 0) is 24.1 Å². The van der Waals surface area contributed by atoms with Gasteiger partial charge in [-0.2, -0.15) is 0 Å². The smallest absolute Gasteiger partial charge is 0.347 e. The van der Waals surface area contributed by atoms with Crippen molar-refractivity contribution in [2.75, 3.05) is 6.61 Å². The molecule has 0 radical (unpaired) electrons. The van der Waals surface area contributed by atoms with Crippen LogP contribution in [0.25, 0.3) is 0 Å². The molecular formula is C13H16O4. The quantitative estimate of drug-likeness (QED) is 0.810. The lowest BCUT2D eigenvalue weighted by Gasteiger charge is -2.12. The van der Waals surface area contributed by atoms with Crippen LogP contribution in [-0.4, -0.2) is 23.8 Å². The lowest BCUT2D eigenvalue weighted by atomic mass is 10.1. The van der Waals surface area contributed by atoms with Gasteiger partial charge in [0.2, 0.25) is 0 Å². The van der Waals surface area contributed by atoms with Crippen LogP contribution in [0.2, 0.25) is 0 Å². The normalized spacial score (nSPS) is 21.1. The summed E-state index contributed by atoms with van der Waals surface area (Å²) in [5.41, 5.74) is 0.855. The minimum atomic E-state index is -0.489. The van der Waals surface area contributed by atoms with E-state index in [0.29, 0.717) is 25.2 Å². The number of hydrogen-bond acceptors (Lipinski definition) is 4. The monoisotopic (exact) mass is 236 g/mol. The summed E-state index contributed by atoms with van der Waals surface area (Å²) in [5, 5.41) is 9.63. The van der Waals surface area contributed by atoms with E-state index in [-0.39, 0.29) is 5.97 Å². The fourth-order valence-corrected chi connectivity index (χ4v) is 1.75. The van der Waals surface area contributed by atoms with Crippen LogP contribution in [0, 0.1) is 0 Å². The molecule has 1 unspecified atom stereocenters. The van der Waals surface area contributed by atoms with Crippen molar-refractivity contribution in [1.29, 1.82) is 0 Å². The summed E-state index contributed by atoms with van der Waals surface area (Å²) >= 11 is 0. The molecular weight excluding hydrogens is 220 g/mol. The highest BCUT2D eigenvalue weighted by Crippen LogP contribution is 2.22. The number of carbonyl (C=O) groups is 1. The first-order valence-corrected chi connectivity index (χ1v) is 5.82. The van der Waals surface area contributed by atoms with Crippen molar-refractivity contribution in [3.63, 3.8) is 0 Å². The first-order valence-electron chi connectivity index (χ1n) is 5.82. The van der Waals surface area contributed by atoms with E-state index in [1.54, 1.807) is 12.1 Å². The van der Waals surface area contributed by atoms with Crippen molar-refractivity contribution in [2.45, 2.75) is 32.0 Å². The van der Waals surface area contributed by atoms with E-state index in [9.17, 15) is 9.90 Å². The molecule has 2 rings (SSSR count). The molecule has 1 aliphatic rings. The van der Waals surface area contributed by atoms with Crippen LogP contribution in [0.15, 0.2) is 24.3 Å². The molecule has 1 aromatic carbocycles. The number of esters is 1. The number of carbonyl (C=O) groups excluding carboxylic acids is 1. The van der Waals surface area contributed by atoms with Gasteiger partial charge in [-0.1, -0.05) is 19.1 Å². The van der Waals surface area contributed by atoms with E-state index >= 15 is 0 Å². The summed E-state index contributed by atoms with van der Waals surface area (Å²) in [6.45, 7) is 2.35. The first-order chi connectivity index (χ1) is 8.20. The van der Waals surface area contributed by atoms with Gasteiger partial charge in [-0.3, -0.25) is 0 Å². The molecule has 0 bridgehead atoms. The zero-order valence-electron chi connectivity index (χ0n) is 9.76. The van der Waals surface area contributed by atoms with Crippen LogP contribution in [0.4, 0.5) is 0 Å². The van der Waals surface area contributed by atoms with Crippen LogP contribution < -0.4 is 4.74 Å². The van der Waals surface area contributed by atoms with E-state index in [0.717, 1.165) is 5.56 Å². The van der Waals surface area contributed by atoms with Gasteiger partial charge in [0, 0.05) is 6.42 Å². The largest absolute Gasteiger partial charge is 0.479 e. The summed E-state index contributed by atoms with van der Waals surface area (Å²) in [6.07, 6.45) is 0.338. The van der Waals surface area contributed by atoms with Crippen LogP contribution in [-0.2, 0) is 9.53 Å². The van der Waals surface area contributed by atoms with Gasteiger partial charge in [-0.15, -0.1) is 0 Å². The highest BCUT2D eigenvalue weighted by atomic mass is 16.6. The third kappa shape index (κ3) is 2.77. The Labute approximate surface area is 100 Å². The molecule has 1 aromatic rings. The third-order valence-electron chi connectivity index (χ3n) is 2.82. The molecule has 0 amide bonds. The van der Waals surface area contributed by atoms with Crippen molar-refractivity contribution < 1.29 is 19.4 Å². The standard InChI is InChI=1S/C13H16O4/c1-2-11(14)9-3-5-10(6-4-9)17-12-7-8-16-13(12)15/h3-6,11-12,14H,2,7-8H2,1H3/t11-,12?/m1/s1. The van der Waals surface area contributed by atoms with Crippen molar-refractivity contribution in [2.24, 2.45) is 0 Å². The molecule has 4 nitrogen and oxygen atoms in total. The number of cyclic esters (lactones) is 1. The molecule has 0 aromatic heterocycles. The SMILES string of the molecule is CC[C@@H](O)c1ccc(OC2CCOC2=O)cc1. The Balaban J connectivity index is 2.00. The molecule has 0 spiro atoms. The van der Waals surface area contributed by atoms with E-state index < -0.39 is 12.2 Å². The average molecular weight is 236 g/mol. The lowest BCUT2D eigenvalue weighted by Crippen LogP contribution is -2.21. The Kier molecular flexibility index (Phi) is 3.64. The Bertz CT molecular complexity index is 385. The van der Waals surface area contributed by atoms with E-state index in [2.05, 4.69) is 0 Å². The number of hydrogen-bond donors (Lipinski definition) is 1. The summed E-state index contributed by atoms with van der Waals surface area (Å²) in [4.78, 5) is 11.2. The second-order valence-electron chi connectivity index (χ2n) is 4.06. The Morgan fingerprint density at radius 1 is 1.47 bits per heavy atom. The second kappa shape index (κ2) is 5.19. The topological polar surface area (TPSA) is 55.8 Å². The van der Waals surface area contributed by atoms with Gasteiger partial charge in [0.1, 0.15) is 5.75 Å². The predicted octanol–water partition coefficient (Wildman–Crippen LogP) is 1.82. The van der Waals surface area contributed by atoms with Gasteiger partial charge in [0.25, 0.3) is 0 Å². The highest BCUT2D eigenvalue weighted by molar-refractivity contribution is 5.76. The fraction of sp³-hybridized carbons (Fsp3) is 0.462. The van der Waals surface area contributed by atoms with Gasteiger partial charge >= 0.3 is 5.97 Å². The van der Waals surface area contributed by atoms with Crippen LogP contribution in [0.5, 0.6) is 5.75 Å². The van der Waals surface area contributed by atoms with Crippen molar-refractivity contribution in [3.8, 4) is 5.75 Å². The van der Waals surface area contributed by atoms with Crippen LogP contribution in [0.1, 0.15) is 31.4 Å². The predicted molar refractivity (Wildman–Crippen MR) is 61.7 cm³/mol. The third-order valence-corrected chi connectivity index (χ3v) is 2.82. The zero-order chi connectivity index (χ0) is 12.3. The molecule has 1 aliphatic heterocycles. The maximum atomic E-state index is 11.2. The molecule has 1 saturated heterocycles. The minimum Gasteiger partial charge on any atom is -0.479 e. The molecule has 4 heteroatoms. The molecule has 1 fully saturated rings. The molecule has 0 aliphatic carbocycles. The number of aliphatic hydroxyl groups excluding tert-OH is 1. The van der Waals surface area contributed by atoms with Crippen LogP contribution >= 0.6 is 0 Å². The second-order valence-corrected chi connectivity index (χ2v) is 4.06. The molecule has 2 atom stereocenters. The van der Waals surface area contributed by atoms with Gasteiger partial charge in [-0.25, -0.2) is 4.79 Å². The van der Waals surface area contributed by atoms with E-state index in [1.807, 2.05) is 19.1 Å². The van der Waals surface area contributed by atoms with Crippen molar-refractivity contribution >= 4 is 5.97 Å². The number of benzene rings is 1. The minimum absolute atomic E-state index is 0.303. The Morgan fingerprint density at radius 2 is 2.18 bits per heavy atom. The average Bonchev–Trinajstić information content (AvgIpc) is 2.75. The number of rotatable bonds is 4. The summed E-state index contributed by atoms with van der Waals surface area (Å²) in [7, 11) is 0. The van der Waals surface area contributed by atoms with Gasteiger partial charge < -0.3 is 14.6 Å². The highest BCUT2D eigenvalue weighted by Gasteiger charge is 2.28. The number of ether oxygens (including phenoxy) is 2. The van der Waals surface area contributed by atoms with Crippen LogP contribution in [0.3, 0.4) is 0 Å². The number of aliphatic hydroxyl groups is 1. The maximum absolute atomic E-state index is 11.2. The molecule has 92 valence electrons. The summed E-state index contributed by atoms with van der Waals surface area (Å²) in [6, 6.07) is 7.15. The fourth-order valence-electron chi connectivity index (χ4n) is 1.75. The lowest BCUT2D eigenvalue weighted by molar-refractivity contribution is -0.143. The zero-order valence-corrected chi connectivity index (χ0v) is 9.76. The van der Waals surface area contributed by atoms with Gasteiger partial charge in [0.15, 0.2) is 6.10 Å². The maximum Gasteiger partial charge on any atom is 0.347 e.